The van der Waals surface area contributed by atoms with Crippen molar-refractivity contribution in [3.05, 3.63) is 12.7 Å². The number of rotatable bonds is 6. The first-order chi connectivity index (χ1) is 9.17. The number of nitrogens with one attached hydrogen (secondary N) is 1. The molecule has 1 fully saturated rings. The Kier molecular flexibility index (Phi) is 7.40. The molecule has 0 unspecified atom stereocenters. The lowest BCUT2D eigenvalue weighted by atomic mass is 10.1. The molecule has 0 aliphatic carbocycles. The van der Waals surface area contributed by atoms with E-state index in [2.05, 4.69) is 11.9 Å². The molecular formula is C13H22N2O3S. The van der Waals surface area contributed by atoms with Gasteiger partial charge in [-0.15, -0.1) is 18.3 Å². The zero-order valence-electron chi connectivity index (χ0n) is 11.4. The summed E-state index contributed by atoms with van der Waals surface area (Å²) >= 11 is 1.55. The molecule has 0 bridgehead atoms. The van der Waals surface area contributed by atoms with Gasteiger partial charge in [-0.25, -0.2) is 4.79 Å². The summed E-state index contributed by atoms with van der Waals surface area (Å²) in [5, 5.41) is 3.00. The van der Waals surface area contributed by atoms with E-state index < -0.39 is 0 Å². The van der Waals surface area contributed by atoms with Crippen molar-refractivity contribution in [1.82, 2.24) is 10.2 Å². The van der Waals surface area contributed by atoms with E-state index in [1.807, 2.05) is 0 Å². The number of carbonyl (C=O) groups is 2. The molecule has 1 aliphatic heterocycles. The van der Waals surface area contributed by atoms with Crippen molar-refractivity contribution in [1.29, 1.82) is 0 Å². The van der Waals surface area contributed by atoms with Crippen molar-refractivity contribution in [3.63, 3.8) is 0 Å². The highest BCUT2D eigenvalue weighted by Crippen LogP contribution is 2.12. The highest BCUT2D eigenvalue weighted by molar-refractivity contribution is 8.00. The molecule has 6 heteroatoms. The molecule has 1 rings (SSSR count). The van der Waals surface area contributed by atoms with Gasteiger partial charge in [0, 0.05) is 24.9 Å². The summed E-state index contributed by atoms with van der Waals surface area (Å²) in [6.45, 7) is 7.09. The van der Waals surface area contributed by atoms with Crippen molar-refractivity contribution < 1.29 is 14.3 Å². The number of piperidine rings is 1. The van der Waals surface area contributed by atoms with Crippen LogP contribution in [-0.4, -0.2) is 54.1 Å². The van der Waals surface area contributed by atoms with Crippen LogP contribution in [0.4, 0.5) is 4.79 Å². The monoisotopic (exact) mass is 286 g/mol. The highest BCUT2D eigenvalue weighted by Gasteiger charge is 2.24. The van der Waals surface area contributed by atoms with Crippen molar-refractivity contribution in [2.75, 3.05) is 31.2 Å². The topological polar surface area (TPSA) is 58.6 Å². The van der Waals surface area contributed by atoms with Crippen LogP contribution in [0.5, 0.6) is 0 Å². The maximum absolute atomic E-state index is 11.6. The van der Waals surface area contributed by atoms with E-state index in [0.717, 1.165) is 18.6 Å². The Hall–Kier alpha value is -1.17. The van der Waals surface area contributed by atoms with E-state index in [9.17, 15) is 9.59 Å². The summed E-state index contributed by atoms with van der Waals surface area (Å²) in [5.41, 5.74) is 0. The Morgan fingerprint density at radius 2 is 2.16 bits per heavy atom. The fourth-order valence-electron chi connectivity index (χ4n) is 1.93. The molecule has 0 aromatic heterocycles. The molecule has 0 spiro atoms. The van der Waals surface area contributed by atoms with Crippen LogP contribution in [0.25, 0.3) is 0 Å². The van der Waals surface area contributed by atoms with Gasteiger partial charge in [0.25, 0.3) is 0 Å². The molecule has 2 amide bonds. The summed E-state index contributed by atoms with van der Waals surface area (Å²) in [4.78, 5) is 24.8. The lowest BCUT2D eigenvalue weighted by molar-refractivity contribution is -0.119. The second-order valence-electron chi connectivity index (χ2n) is 4.33. The zero-order chi connectivity index (χ0) is 14.1. The zero-order valence-corrected chi connectivity index (χ0v) is 12.2. The summed E-state index contributed by atoms with van der Waals surface area (Å²) < 4.78 is 4.95. The lowest BCUT2D eigenvalue weighted by Crippen LogP contribution is -2.47. The largest absolute Gasteiger partial charge is 0.450 e. The molecule has 19 heavy (non-hydrogen) atoms. The Labute approximate surface area is 118 Å². The van der Waals surface area contributed by atoms with Crippen molar-refractivity contribution in [3.8, 4) is 0 Å². The first kappa shape index (κ1) is 15.9. The third kappa shape index (κ3) is 6.00. The molecule has 1 N–H and O–H groups in total. The fraction of sp³-hybridized carbons (Fsp3) is 0.692. The maximum atomic E-state index is 11.6. The van der Waals surface area contributed by atoms with Crippen LogP contribution in [-0.2, 0) is 9.53 Å². The van der Waals surface area contributed by atoms with Crippen molar-refractivity contribution in [2.45, 2.75) is 25.8 Å². The molecule has 0 atom stereocenters. The number of carbonyl (C=O) groups excluding carboxylic acids is 2. The molecule has 1 saturated heterocycles. The quantitative estimate of drug-likeness (QED) is 0.596. The number of nitrogens with zero attached hydrogens (tertiary/aromatic N) is 1. The molecule has 0 saturated carbocycles. The molecule has 1 aliphatic rings. The van der Waals surface area contributed by atoms with Crippen LogP contribution in [0.3, 0.4) is 0 Å². The number of likely N-dealkylation sites (tertiary alicyclic amines) is 1. The molecule has 0 aromatic rings. The molecule has 108 valence electrons. The van der Waals surface area contributed by atoms with Crippen LogP contribution >= 0.6 is 11.8 Å². The van der Waals surface area contributed by atoms with Crippen molar-refractivity contribution >= 4 is 23.8 Å². The van der Waals surface area contributed by atoms with Crippen LogP contribution in [0, 0.1) is 0 Å². The fourth-order valence-corrected chi connectivity index (χ4v) is 2.48. The van der Waals surface area contributed by atoms with Gasteiger partial charge >= 0.3 is 6.09 Å². The first-order valence-corrected chi connectivity index (χ1v) is 7.72. The van der Waals surface area contributed by atoms with Gasteiger partial charge in [0.05, 0.1) is 12.4 Å². The number of ether oxygens (including phenoxy) is 1. The van der Waals surface area contributed by atoms with E-state index >= 15 is 0 Å². The Morgan fingerprint density at radius 3 is 2.74 bits per heavy atom. The normalized spacial score (nSPS) is 15.9. The minimum absolute atomic E-state index is 0.0569. The van der Waals surface area contributed by atoms with E-state index in [0.29, 0.717) is 25.4 Å². The summed E-state index contributed by atoms with van der Waals surface area (Å²) in [6.07, 6.45) is 3.11. The van der Waals surface area contributed by atoms with Gasteiger partial charge in [-0.05, 0) is 19.8 Å². The average molecular weight is 286 g/mol. The SMILES string of the molecule is C=CCSCC(=O)NC1CCN(C(=O)OCC)CC1. The Balaban J connectivity index is 2.20. The smallest absolute Gasteiger partial charge is 0.409 e. The minimum atomic E-state index is -0.256. The summed E-state index contributed by atoms with van der Waals surface area (Å²) in [7, 11) is 0. The van der Waals surface area contributed by atoms with Gasteiger partial charge in [0.2, 0.25) is 5.91 Å². The third-order valence-electron chi connectivity index (χ3n) is 2.85. The predicted molar refractivity (Wildman–Crippen MR) is 77.3 cm³/mol. The van der Waals surface area contributed by atoms with E-state index in [1.54, 1.807) is 29.7 Å². The number of hydrogen-bond donors (Lipinski definition) is 1. The van der Waals surface area contributed by atoms with Gasteiger partial charge < -0.3 is 15.0 Å². The summed E-state index contributed by atoms with van der Waals surface area (Å²) in [5.74, 6) is 1.31. The van der Waals surface area contributed by atoms with Gasteiger partial charge in [-0.3, -0.25) is 4.79 Å². The predicted octanol–water partition coefficient (Wildman–Crippen LogP) is 1.64. The molecule has 0 aromatic carbocycles. The van der Waals surface area contributed by atoms with Gasteiger partial charge in [-0.1, -0.05) is 6.08 Å². The van der Waals surface area contributed by atoms with Gasteiger partial charge in [0.1, 0.15) is 0 Å². The Morgan fingerprint density at radius 1 is 1.47 bits per heavy atom. The number of thioether (sulfide) groups is 1. The second kappa shape index (κ2) is 8.85. The van der Waals surface area contributed by atoms with Crippen LogP contribution < -0.4 is 5.32 Å². The van der Waals surface area contributed by atoms with Crippen LogP contribution in [0.2, 0.25) is 0 Å². The average Bonchev–Trinajstić information content (AvgIpc) is 2.40. The van der Waals surface area contributed by atoms with Crippen molar-refractivity contribution in [2.24, 2.45) is 0 Å². The van der Waals surface area contributed by atoms with Gasteiger partial charge in [0.15, 0.2) is 0 Å². The van der Waals surface area contributed by atoms with E-state index in [1.165, 1.54) is 0 Å². The number of hydrogen-bond acceptors (Lipinski definition) is 4. The highest BCUT2D eigenvalue weighted by atomic mass is 32.2. The molecular weight excluding hydrogens is 264 g/mol. The van der Waals surface area contributed by atoms with E-state index in [4.69, 9.17) is 4.74 Å². The third-order valence-corrected chi connectivity index (χ3v) is 3.79. The molecule has 0 radical (unpaired) electrons. The van der Waals surface area contributed by atoms with Crippen LogP contribution in [0.15, 0.2) is 12.7 Å². The maximum Gasteiger partial charge on any atom is 0.409 e. The summed E-state index contributed by atoms with van der Waals surface area (Å²) in [6, 6.07) is 0.169. The minimum Gasteiger partial charge on any atom is -0.450 e. The second-order valence-corrected chi connectivity index (χ2v) is 5.36. The lowest BCUT2D eigenvalue weighted by Gasteiger charge is -2.31. The Bertz CT molecular complexity index is 315. The van der Waals surface area contributed by atoms with E-state index in [-0.39, 0.29) is 18.0 Å². The standard InChI is InChI=1S/C13H22N2O3S/c1-3-9-19-10-12(16)14-11-5-7-15(8-6-11)13(17)18-4-2/h3,11H,1,4-10H2,2H3,(H,14,16). The van der Waals surface area contributed by atoms with Gasteiger partial charge in [-0.2, -0.15) is 0 Å². The first-order valence-electron chi connectivity index (χ1n) is 6.57. The number of amides is 2. The molecule has 1 heterocycles. The van der Waals surface area contributed by atoms with Crippen LogP contribution in [0.1, 0.15) is 19.8 Å². The molecule has 5 nitrogen and oxygen atoms in total.